The van der Waals surface area contributed by atoms with Gasteiger partial charge >= 0.3 is 0 Å². The topological polar surface area (TPSA) is 58.0 Å². The van der Waals surface area contributed by atoms with Crippen molar-refractivity contribution in [3.8, 4) is 0 Å². The highest BCUT2D eigenvalue weighted by Gasteiger charge is 2.24. The number of benzene rings is 1. The Morgan fingerprint density at radius 1 is 0.808 bits per heavy atom. The molecule has 0 spiro atoms. The lowest BCUT2D eigenvalue weighted by molar-refractivity contribution is 0.410. The lowest BCUT2D eigenvalue weighted by atomic mass is 9.83. The fraction of sp³-hybridized carbons (Fsp3) is 0.400. The van der Waals surface area contributed by atoms with E-state index in [1.54, 1.807) is 6.33 Å². The molecule has 132 valence electrons. The van der Waals surface area contributed by atoms with Crippen molar-refractivity contribution in [2.75, 3.05) is 36.0 Å². The molecule has 3 heterocycles. The van der Waals surface area contributed by atoms with Crippen molar-refractivity contribution in [1.29, 1.82) is 0 Å². The van der Waals surface area contributed by atoms with E-state index >= 15 is 0 Å². The van der Waals surface area contributed by atoms with Crippen LogP contribution in [0.25, 0.3) is 11.0 Å². The summed E-state index contributed by atoms with van der Waals surface area (Å²) < 4.78 is 0. The van der Waals surface area contributed by atoms with Gasteiger partial charge < -0.3 is 9.80 Å². The first-order valence-electron chi connectivity index (χ1n) is 9.40. The third-order valence-electron chi connectivity index (χ3n) is 5.56. The summed E-state index contributed by atoms with van der Waals surface area (Å²) in [6, 6.07) is 10.2. The minimum Gasteiger partial charge on any atom is -0.353 e. The molecule has 1 saturated carbocycles. The molecule has 0 bridgehead atoms. The van der Waals surface area contributed by atoms with Gasteiger partial charge in [-0.25, -0.2) is 15.0 Å². The van der Waals surface area contributed by atoms with Crippen molar-refractivity contribution in [1.82, 2.24) is 19.9 Å². The number of fused-ring (bicyclic) bond motifs is 1. The standard InChI is InChI=1S/C20H22N6/c1-2-7-17-16(6-1)21-13-20(24-17)26-10-8-25(9-11-26)19-12-18(22-14-23-19)15-4-3-5-15/h1-2,6-7,12-15H,3-5,8-11H2. The average Bonchev–Trinajstić information content (AvgIpc) is 2.67. The van der Waals surface area contributed by atoms with Crippen LogP contribution in [0.4, 0.5) is 11.6 Å². The average molecular weight is 346 g/mol. The molecule has 2 fully saturated rings. The molecule has 2 aliphatic rings. The number of rotatable bonds is 3. The Labute approximate surface area is 152 Å². The van der Waals surface area contributed by atoms with Gasteiger partial charge in [-0.3, -0.25) is 4.98 Å². The van der Waals surface area contributed by atoms with E-state index < -0.39 is 0 Å². The molecule has 3 aromatic rings. The van der Waals surface area contributed by atoms with Gasteiger partial charge in [0.15, 0.2) is 0 Å². The van der Waals surface area contributed by atoms with Crippen molar-refractivity contribution in [3.05, 3.63) is 48.5 Å². The Bertz CT molecular complexity index is 915. The zero-order valence-electron chi connectivity index (χ0n) is 14.8. The van der Waals surface area contributed by atoms with E-state index in [4.69, 9.17) is 4.98 Å². The highest BCUT2D eigenvalue weighted by Crippen LogP contribution is 2.36. The summed E-state index contributed by atoms with van der Waals surface area (Å²) >= 11 is 0. The lowest BCUT2D eigenvalue weighted by Crippen LogP contribution is -2.47. The van der Waals surface area contributed by atoms with E-state index in [0.29, 0.717) is 5.92 Å². The molecular formula is C20H22N6. The zero-order valence-corrected chi connectivity index (χ0v) is 14.8. The number of nitrogens with zero attached hydrogens (tertiary/aromatic N) is 6. The van der Waals surface area contributed by atoms with Gasteiger partial charge in [0.2, 0.25) is 0 Å². The molecule has 6 heteroatoms. The number of aromatic nitrogens is 4. The maximum atomic E-state index is 4.77. The Balaban J connectivity index is 1.29. The van der Waals surface area contributed by atoms with Gasteiger partial charge in [-0.2, -0.15) is 0 Å². The summed E-state index contributed by atoms with van der Waals surface area (Å²) in [4.78, 5) is 23.0. The van der Waals surface area contributed by atoms with Gasteiger partial charge in [0.25, 0.3) is 0 Å². The van der Waals surface area contributed by atoms with E-state index in [1.807, 2.05) is 30.5 Å². The molecule has 0 N–H and O–H groups in total. The first kappa shape index (κ1) is 15.5. The van der Waals surface area contributed by atoms with Crippen LogP contribution in [0.15, 0.2) is 42.9 Å². The van der Waals surface area contributed by atoms with Crippen LogP contribution in [-0.2, 0) is 0 Å². The summed E-state index contributed by atoms with van der Waals surface area (Å²) in [5.41, 5.74) is 3.11. The predicted octanol–water partition coefficient (Wildman–Crippen LogP) is 3.01. The van der Waals surface area contributed by atoms with Gasteiger partial charge in [0.05, 0.1) is 17.2 Å². The molecule has 6 nitrogen and oxygen atoms in total. The largest absolute Gasteiger partial charge is 0.353 e. The SMILES string of the molecule is c1ccc2nc(N3CCN(c4cc(C5CCC5)ncn4)CC3)cnc2c1. The number of piperazine rings is 1. The summed E-state index contributed by atoms with van der Waals surface area (Å²) in [5, 5.41) is 0. The number of hydrogen-bond acceptors (Lipinski definition) is 6. The van der Waals surface area contributed by atoms with Gasteiger partial charge in [-0.05, 0) is 25.0 Å². The smallest absolute Gasteiger partial charge is 0.147 e. The molecule has 1 aliphatic heterocycles. The first-order valence-corrected chi connectivity index (χ1v) is 9.40. The second-order valence-corrected chi connectivity index (χ2v) is 7.12. The van der Waals surface area contributed by atoms with Crippen molar-refractivity contribution >= 4 is 22.7 Å². The third-order valence-corrected chi connectivity index (χ3v) is 5.56. The lowest BCUT2D eigenvalue weighted by Gasteiger charge is -2.36. The molecule has 5 rings (SSSR count). The summed E-state index contributed by atoms with van der Waals surface area (Å²) in [6.45, 7) is 3.73. The van der Waals surface area contributed by atoms with Crippen molar-refractivity contribution < 1.29 is 0 Å². The van der Waals surface area contributed by atoms with Gasteiger partial charge in [0.1, 0.15) is 18.0 Å². The zero-order chi connectivity index (χ0) is 17.3. The van der Waals surface area contributed by atoms with E-state index in [1.165, 1.54) is 25.0 Å². The third kappa shape index (κ3) is 2.85. The molecule has 0 radical (unpaired) electrons. The van der Waals surface area contributed by atoms with Gasteiger partial charge in [0, 0.05) is 43.9 Å². The van der Waals surface area contributed by atoms with E-state index in [9.17, 15) is 0 Å². The van der Waals surface area contributed by atoms with Crippen molar-refractivity contribution in [2.45, 2.75) is 25.2 Å². The van der Waals surface area contributed by atoms with Gasteiger partial charge in [-0.15, -0.1) is 0 Å². The Morgan fingerprint density at radius 2 is 1.54 bits per heavy atom. The molecule has 0 atom stereocenters. The molecular weight excluding hydrogens is 324 g/mol. The number of para-hydroxylation sites is 2. The maximum absolute atomic E-state index is 4.77. The molecule has 0 unspecified atom stereocenters. The Hall–Kier alpha value is -2.76. The molecule has 0 amide bonds. The van der Waals surface area contributed by atoms with Gasteiger partial charge in [-0.1, -0.05) is 18.6 Å². The minimum atomic E-state index is 0.644. The van der Waals surface area contributed by atoms with E-state index in [-0.39, 0.29) is 0 Å². The second kappa shape index (κ2) is 6.52. The van der Waals surface area contributed by atoms with Crippen LogP contribution in [0.2, 0.25) is 0 Å². The normalized spacial score (nSPS) is 18.2. The van der Waals surface area contributed by atoms with Crippen LogP contribution in [0.3, 0.4) is 0 Å². The molecule has 2 aromatic heterocycles. The Kier molecular flexibility index (Phi) is 3.88. The highest BCUT2D eigenvalue weighted by molar-refractivity contribution is 5.75. The minimum absolute atomic E-state index is 0.644. The quantitative estimate of drug-likeness (QED) is 0.727. The van der Waals surface area contributed by atoms with Crippen molar-refractivity contribution in [2.24, 2.45) is 0 Å². The fourth-order valence-corrected chi connectivity index (χ4v) is 3.73. The fourth-order valence-electron chi connectivity index (χ4n) is 3.73. The van der Waals surface area contributed by atoms with E-state index in [2.05, 4.69) is 30.8 Å². The predicted molar refractivity (Wildman–Crippen MR) is 103 cm³/mol. The van der Waals surface area contributed by atoms with Crippen LogP contribution < -0.4 is 9.80 Å². The molecule has 1 aromatic carbocycles. The van der Waals surface area contributed by atoms with Crippen molar-refractivity contribution in [3.63, 3.8) is 0 Å². The van der Waals surface area contributed by atoms with Crippen LogP contribution >= 0.6 is 0 Å². The van der Waals surface area contributed by atoms with Crippen LogP contribution in [-0.4, -0.2) is 46.1 Å². The van der Waals surface area contributed by atoms with Crippen LogP contribution in [0.5, 0.6) is 0 Å². The summed E-state index contributed by atoms with van der Waals surface area (Å²) in [7, 11) is 0. The summed E-state index contributed by atoms with van der Waals surface area (Å²) in [6.07, 6.45) is 7.48. The number of anilines is 2. The monoisotopic (exact) mass is 346 g/mol. The molecule has 26 heavy (non-hydrogen) atoms. The van der Waals surface area contributed by atoms with E-state index in [0.717, 1.165) is 48.8 Å². The maximum Gasteiger partial charge on any atom is 0.147 e. The summed E-state index contributed by atoms with van der Waals surface area (Å²) in [5.74, 6) is 2.67. The molecule has 1 aliphatic carbocycles. The Morgan fingerprint density at radius 3 is 2.27 bits per heavy atom. The first-order chi connectivity index (χ1) is 12.9. The highest BCUT2D eigenvalue weighted by atomic mass is 15.3. The second-order valence-electron chi connectivity index (χ2n) is 7.12. The molecule has 1 saturated heterocycles. The van der Waals surface area contributed by atoms with Crippen LogP contribution in [0.1, 0.15) is 30.9 Å². The number of hydrogen-bond donors (Lipinski definition) is 0. The van der Waals surface area contributed by atoms with Crippen LogP contribution in [0, 0.1) is 0 Å².